The minimum absolute atomic E-state index is 0.640. The third kappa shape index (κ3) is 23.5. The number of hydrogen-bond donors (Lipinski definition) is 0. The fraction of sp³-hybridized carbons (Fsp3) is 0.949. The standard InChI is InChI=1S/C39H78N2/c1-4-7-10-13-15-17-19-21-23-25-27-29-31-34-39-40(35-32-12-9-6-3)37-38-41(39)36-33-30-28-26-24-22-20-18-16-14-11-8-5-2/h37-39H,4-36H2,1-3H3. The zero-order chi connectivity index (χ0) is 29.5. The van der Waals surface area contributed by atoms with Crippen molar-refractivity contribution in [3.63, 3.8) is 0 Å². The summed E-state index contributed by atoms with van der Waals surface area (Å²) in [6, 6.07) is 0. The molecule has 2 nitrogen and oxygen atoms in total. The van der Waals surface area contributed by atoms with Crippen molar-refractivity contribution in [2.45, 2.75) is 226 Å². The Kier molecular flexibility index (Phi) is 28.8. The molecular formula is C39H78N2. The highest BCUT2D eigenvalue weighted by Gasteiger charge is 2.24. The molecule has 0 spiro atoms. The van der Waals surface area contributed by atoms with Crippen molar-refractivity contribution in [1.29, 1.82) is 0 Å². The molecule has 0 aromatic carbocycles. The first-order valence-corrected chi connectivity index (χ1v) is 19.5. The van der Waals surface area contributed by atoms with E-state index in [0.717, 1.165) is 0 Å². The molecule has 0 N–H and O–H groups in total. The summed E-state index contributed by atoms with van der Waals surface area (Å²) in [6.45, 7) is 9.47. The van der Waals surface area contributed by atoms with Crippen molar-refractivity contribution in [1.82, 2.24) is 9.80 Å². The molecule has 1 rings (SSSR count). The summed E-state index contributed by atoms with van der Waals surface area (Å²) in [5.41, 5.74) is 0. The van der Waals surface area contributed by atoms with Gasteiger partial charge in [-0.25, -0.2) is 0 Å². The Hall–Kier alpha value is -0.660. The van der Waals surface area contributed by atoms with Crippen LogP contribution < -0.4 is 0 Å². The predicted molar refractivity (Wildman–Crippen MR) is 186 cm³/mol. The molecule has 0 amide bonds. The first-order valence-electron chi connectivity index (χ1n) is 19.5. The molecule has 1 aliphatic rings. The van der Waals surface area contributed by atoms with Crippen molar-refractivity contribution < 1.29 is 0 Å². The van der Waals surface area contributed by atoms with Gasteiger partial charge in [-0.2, -0.15) is 0 Å². The topological polar surface area (TPSA) is 6.48 Å². The van der Waals surface area contributed by atoms with Gasteiger partial charge in [0.1, 0.15) is 6.17 Å². The number of nitrogens with zero attached hydrogens (tertiary/aromatic N) is 2. The summed E-state index contributed by atoms with van der Waals surface area (Å²) in [5, 5.41) is 0. The van der Waals surface area contributed by atoms with Crippen LogP contribution in [-0.4, -0.2) is 29.1 Å². The minimum atomic E-state index is 0.640. The van der Waals surface area contributed by atoms with E-state index in [2.05, 4.69) is 43.0 Å². The minimum Gasteiger partial charge on any atom is -0.356 e. The SMILES string of the molecule is CCCCCCCCCCCCCCCC1N(CCCCCC)C=CN1CCCCCCCCCCCCCCC. The molecule has 0 bridgehead atoms. The fourth-order valence-electron chi connectivity index (χ4n) is 6.72. The lowest BCUT2D eigenvalue weighted by molar-refractivity contribution is 0.135. The van der Waals surface area contributed by atoms with Crippen LogP contribution in [0.15, 0.2) is 12.4 Å². The largest absolute Gasteiger partial charge is 0.356 e. The normalized spacial score (nSPS) is 15.0. The number of hydrogen-bond acceptors (Lipinski definition) is 2. The molecule has 41 heavy (non-hydrogen) atoms. The maximum absolute atomic E-state index is 2.71. The van der Waals surface area contributed by atoms with Crippen molar-refractivity contribution in [2.75, 3.05) is 13.1 Å². The molecule has 0 radical (unpaired) electrons. The summed E-state index contributed by atoms with van der Waals surface area (Å²) in [4.78, 5) is 5.40. The van der Waals surface area contributed by atoms with E-state index in [1.165, 1.54) is 212 Å². The number of rotatable bonds is 33. The lowest BCUT2D eigenvalue weighted by Gasteiger charge is -2.33. The van der Waals surface area contributed by atoms with Gasteiger partial charge in [0.25, 0.3) is 0 Å². The van der Waals surface area contributed by atoms with Gasteiger partial charge in [-0.1, -0.05) is 194 Å². The van der Waals surface area contributed by atoms with Crippen molar-refractivity contribution in [2.24, 2.45) is 0 Å². The lowest BCUT2D eigenvalue weighted by Crippen LogP contribution is -2.39. The molecule has 244 valence electrons. The van der Waals surface area contributed by atoms with Crippen molar-refractivity contribution in [3.8, 4) is 0 Å². The highest BCUT2D eigenvalue weighted by Crippen LogP contribution is 2.24. The van der Waals surface area contributed by atoms with Gasteiger partial charge in [-0.15, -0.1) is 0 Å². The third-order valence-electron chi connectivity index (χ3n) is 9.57. The van der Waals surface area contributed by atoms with E-state index < -0.39 is 0 Å². The average molecular weight is 575 g/mol. The van der Waals surface area contributed by atoms with Gasteiger partial charge >= 0.3 is 0 Å². The molecule has 0 fully saturated rings. The van der Waals surface area contributed by atoms with E-state index in [4.69, 9.17) is 0 Å². The molecule has 0 saturated heterocycles. The summed E-state index contributed by atoms with van der Waals surface area (Å²) >= 11 is 0. The Morgan fingerprint density at radius 3 is 0.878 bits per heavy atom. The van der Waals surface area contributed by atoms with Crippen LogP contribution in [0.25, 0.3) is 0 Å². The number of unbranched alkanes of at least 4 members (excludes halogenated alkanes) is 27. The van der Waals surface area contributed by atoms with Gasteiger partial charge < -0.3 is 9.80 Å². The van der Waals surface area contributed by atoms with Crippen LogP contribution in [0, 0.1) is 0 Å². The van der Waals surface area contributed by atoms with Crippen molar-refractivity contribution >= 4 is 0 Å². The van der Waals surface area contributed by atoms with Crippen LogP contribution in [0.4, 0.5) is 0 Å². The van der Waals surface area contributed by atoms with E-state index in [1.54, 1.807) is 0 Å². The van der Waals surface area contributed by atoms with Crippen LogP contribution in [0.3, 0.4) is 0 Å². The Morgan fingerprint density at radius 2 is 0.561 bits per heavy atom. The van der Waals surface area contributed by atoms with Crippen LogP contribution in [0.2, 0.25) is 0 Å². The summed E-state index contributed by atoms with van der Waals surface area (Å²) in [5.74, 6) is 0. The fourth-order valence-corrected chi connectivity index (χ4v) is 6.72. The van der Waals surface area contributed by atoms with E-state index >= 15 is 0 Å². The van der Waals surface area contributed by atoms with Gasteiger partial charge in [0.2, 0.25) is 0 Å². The molecule has 0 aliphatic carbocycles. The maximum atomic E-state index is 2.71. The quantitative estimate of drug-likeness (QED) is 0.0719. The molecular weight excluding hydrogens is 496 g/mol. The molecule has 0 aromatic rings. The van der Waals surface area contributed by atoms with Gasteiger partial charge in [0.05, 0.1) is 0 Å². The highest BCUT2D eigenvalue weighted by atomic mass is 15.4. The molecule has 2 heteroatoms. The van der Waals surface area contributed by atoms with Gasteiger partial charge in [0.15, 0.2) is 0 Å². The Labute approximate surface area is 260 Å². The Bertz CT molecular complexity index is 530. The molecule has 1 heterocycles. The van der Waals surface area contributed by atoms with Crippen LogP contribution >= 0.6 is 0 Å². The van der Waals surface area contributed by atoms with Crippen LogP contribution in [-0.2, 0) is 0 Å². The van der Waals surface area contributed by atoms with E-state index in [9.17, 15) is 0 Å². The summed E-state index contributed by atoms with van der Waals surface area (Å²) in [7, 11) is 0. The van der Waals surface area contributed by atoms with Crippen LogP contribution in [0.5, 0.6) is 0 Å². The zero-order valence-corrected chi connectivity index (χ0v) is 29.0. The Balaban J connectivity index is 2.12. The highest BCUT2D eigenvalue weighted by molar-refractivity contribution is 4.97. The molecule has 1 atom stereocenters. The molecule has 1 aliphatic heterocycles. The summed E-state index contributed by atoms with van der Waals surface area (Å²) < 4.78 is 0. The van der Waals surface area contributed by atoms with Gasteiger partial charge in [-0.3, -0.25) is 0 Å². The van der Waals surface area contributed by atoms with E-state index in [0.29, 0.717) is 6.17 Å². The van der Waals surface area contributed by atoms with Crippen LogP contribution in [0.1, 0.15) is 220 Å². The van der Waals surface area contributed by atoms with Crippen molar-refractivity contribution in [3.05, 3.63) is 12.4 Å². The van der Waals surface area contributed by atoms with E-state index in [-0.39, 0.29) is 0 Å². The van der Waals surface area contributed by atoms with Gasteiger partial charge in [0, 0.05) is 25.5 Å². The maximum Gasteiger partial charge on any atom is 0.101 e. The second-order valence-electron chi connectivity index (χ2n) is 13.6. The molecule has 1 unspecified atom stereocenters. The van der Waals surface area contributed by atoms with E-state index in [1.807, 2.05) is 0 Å². The second-order valence-corrected chi connectivity index (χ2v) is 13.6. The predicted octanol–water partition coefficient (Wildman–Crippen LogP) is 13.6. The molecule has 0 saturated carbocycles. The second kappa shape index (κ2) is 30.8. The first kappa shape index (κ1) is 38.4. The first-order chi connectivity index (χ1) is 20.3. The Morgan fingerprint density at radius 1 is 0.317 bits per heavy atom. The average Bonchev–Trinajstić information content (AvgIpc) is 3.37. The summed E-state index contributed by atoms with van der Waals surface area (Å²) in [6.07, 6.45) is 50.0. The smallest absolute Gasteiger partial charge is 0.101 e. The molecule has 0 aromatic heterocycles. The third-order valence-corrected chi connectivity index (χ3v) is 9.57. The lowest BCUT2D eigenvalue weighted by atomic mass is 10.0. The zero-order valence-electron chi connectivity index (χ0n) is 29.0. The van der Waals surface area contributed by atoms with Gasteiger partial charge in [-0.05, 0) is 25.7 Å². The monoisotopic (exact) mass is 575 g/mol.